The smallest absolute Gasteiger partial charge is 0.229 e. The molecular weight excluding hydrogens is 231 g/mol. The summed E-state index contributed by atoms with van der Waals surface area (Å²) in [7, 11) is 0. The molecule has 0 saturated heterocycles. The van der Waals surface area contributed by atoms with E-state index < -0.39 is 5.82 Å². The van der Waals surface area contributed by atoms with E-state index in [2.05, 4.69) is 15.3 Å². The van der Waals surface area contributed by atoms with Crippen molar-refractivity contribution in [3.63, 3.8) is 0 Å². The molecule has 0 amide bonds. The monoisotopic (exact) mass is 238 g/mol. The largest absolute Gasteiger partial charge is 0.384 e. The summed E-state index contributed by atoms with van der Waals surface area (Å²) in [5, 5.41) is 3.09. The van der Waals surface area contributed by atoms with Crippen LogP contribution in [0.1, 0.15) is 0 Å². The number of hydrogen-bond donors (Lipinski definition) is 2. The number of nitrogens with two attached hydrogens (primary N) is 1. The fourth-order valence-corrected chi connectivity index (χ4v) is 1.36. The first-order valence-electron chi connectivity index (χ1n) is 4.46. The summed E-state index contributed by atoms with van der Waals surface area (Å²) in [6.45, 7) is 0. The molecule has 0 radical (unpaired) electrons. The summed E-state index contributed by atoms with van der Waals surface area (Å²) in [6.07, 6.45) is 1.52. The fourth-order valence-electron chi connectivity index (χ4n) is 1.14. The third kappa shape index (κ3) is 2.38. The van der Waals surface area contributed by atoms with Crippen molar-refractivity contribution in [1.82, 2.24) is 9.97 Å². The van der Waals surface area contributed by atoms with Crippen LogP contribution in [0.2, 0.25) is 5.02 Å². The highest BCUT2D eigenvalue weighted by atomic mass is 35.5. The summed E-state index contributed by atoms with van der Waals surface area (Å²) in [6, 6.07) is 5.57. The molecule has 4 nitrogen and oxygen atoms in total. The maximum Gasteiger partial charge on any atom is 0.229 e. The first kappa shape index (κ1) is 10.6. The Kier molecular flexibility index (Phi) is 2.87. The highest BCUT2D eigenvalue weighted by Crippen LogP contribution is 2.24. The number of hydrogen-bond acceptors (Lipinski definition) is 4. The maximum absolute atomic E-state index is 12.8. The van der Waals surface area contributed by atoms with Crippen LogP contribution in [0.15, 0.2) is 30.5 Å². The molecule has 0 bridgehead atoms. The van der Waals surface area contributed by atoms with E-state index in [0.717, 1.165) is 0 Å². The van der Waals surface area contributed by atoms with Gasteiger partial charge in [0.1, 0.15) is 11.6 Å². The average Bonchev–Trinajstić information content (AvgIpc) is 2.22. The van der Waals surface area contributed by atoms with Gasteiger partial charge in [0, 0.05) is 6.20 Å². The van der Waals surface area contributed by atoms with Crippen molar-refractivity contribution in [2.45, 2.75) is 0 Å². The lowest BCUT2D eigenvalue weighted by molar-refractivity contribution is 0.628. The van der Waals surface area contributed by atoms with E-state index in [0.29, 0.717) is 17.5 Å². The minimum absolute atomic E-state index is 0.256. The zero-order valence-corrected chi connectivity index (χ0v) is 8.87. The first-order valence-corrected chi connectivity index (χ1v) is 4.83. The number of nitrogen functional groups attached to an aromatic ring is 1. The van der Waals surface area contributed by atoms with Crippen molar-refractivity contribution in [3.8, 4) is 0 Å². The Labute approximate surface area is 96.3 Å². The summed E-state index contributed by atoms with van der Waals surface area (Å²) in [5.41, 5.74) is 6.01. The minimum atomic E-state index is -0.399. The summed E-state index contributed by atoms with van der Waals surface area (Å²) >= 11 is 5.83. The van der Waals surface area contributed by atoms with Crippen molar-refractivity contribution in [3.05, 3.63) is 41.3 Å². The Morgan fingerprint density at radius 2 is 2.12 bits per heavy atom. The molecule has 0 aliphatic carbocycles. The van der Waals surface area contributed by atoms with E-state index >= 15 is 0 Å². The van der Waals surface area contributed by atoms with E-state index in [4.69, 9.17) is 17.3 Å². The summed E-state index contributed by atoms with van der Waals surface area (Å²) in [5.74, 6) is 0.258. The van der Waals surface area contributed by atoms with Crippen LogP contribution >= 0.6 is 11.6 Å². The van der Waals surface area contributed by atoms with Gasteiger partial charge in [-0.2, -0.15) is 4.98 Å². The molecule has 1 heterocycles. The molecule has 0 fully saturated rings. The molecule has 16 heavy (non-hydrogen) atoms. The van der Waals surface area contributed by atoms with E-state index in [9.17, 15) is 4.39 Å². The molecule has 2 rings (SSSR count). The zero-order valence-electron chi connectivity index (χ0n) is 8.11. The zero-order chi connectivity index (χ0) is 11.5. The van der Waals surface area contributed by atoms with Gasteiger partial charge in [-0.3, -0.25) is 0 Å². The Morgan fingerprint density at radius 1 is 1.31 bits per heavy atom. The number of anilines is 3. The number of nitrogens with one attached hydrogen (secondary N) is 1. The molecule has 1 aromatic carbocycles. The van der Waals surface area contributed by atoms with Crippen molar-refractivity contribution in [2.24, 2.45) is 0 Å². The van der Waals surface area contributed by atoms with E-state index in [1.807, 2.05) is 0 Å². The van der Waals surface area contributed by atoms with Gasteiger partial charge in [0.15, 0.2) is 0 Å². The molecule has 0 atom stereocenters. The Morgan fingerprint density at radius 3 is 2.81 bits per heavy atom. The molecule has 2 aromatic rings. The average molecular weight is 239 g/mol. The predicted octanol–water partition coefficient (Wildman–Crippen LogP) is 2.59. The third-order valence-electron chi connectivity index (χ3n) is 1.85. The number of halogens is 2. The van der Waals surface area contributed by atoms with Gasteiger partial charge in [0.2, 0.25) is 5.95 Å². The molecule has 1 aromatic heterocycles. The minimum Gasteiger partial charge on any atom is -0.384 e. The van der Waals surface area contributed by atoms with E-state index in [-0.39, 0.29) is 5.02 Å². The number of aromatic nitrogens is 2. The SMILES string of the molecule is Nc1ccnc(Nc2ccc(F)cc2Cl)n1. The van der Waals surface area contributed by atoms with Crippen LogP contribution in [-0.4, -0.2) is 9.97 Å². The van der Waals surface area contributed by atoms with Crippen molar-refractivity contribution < 1.29 is 4.39 Å². The normalized spacial score (nSPS) is 10.1. The maximum atomic E-state index is 12.8. The highest BCUT2D eigenvalue weighted by molar-refractivity contribution is 6.33. The molecule has 82 valence electrons. The highest BCUT2D eigenvalue weighted by Gasteiger charge is 2.03. The van der Waals surface area contributed by atoms with Gasteiger partial charge in [-0.05, 0) is 24.3 Å². The van der Waals surface area contributed by atoms with Crippen LogP contribution in [0.3, 0.4) is 0 Å². The molecule has 0 saturated carbocycles. The first-order chi connectivity index (χ1) is 7.65. The van der Waals surface area contributed by atoms with Crippen LogP contribution < -0.4 is 11.1 Å². The molecule has 0 spiro atoms. The quantitative estimate of drug-likeness (QED) is 0.844. The van der Waals surface area contributed by atoms with Crippen molar-refractivity contribution >= 4 is 29.1 Å². The molecule has 0 aliphatic rings. The van der Waals surface area contributed by atoms with Crippen molar-refractivity contribution in [1.29, 1.82) is 0 Å². The second kappa shape index (κ2) is 4.32. The molecular formula is C10H8ClFN4. The Hall–Kier alpha value is -1.88. The molecule has 0 unspecified atom stereocenters. The van der Waals surface area contributed by atoms with Crippen LogP contribution in [0.25, 0.3) is 0 Å². The van der Waals surface area contributed by atoms with Gasteiger partial charge in [0.05, 0.1) is 10.7 Å². The number of benzene rings is 1. The van der Waals surface area contributed by atoms with Crippen LogP contribution in [-0.2, 0) is 0 Å². The van der Waals surface area contributed by atoms with Crippen LogP contribution in [0.4, 0.5) is 21.8 Å². The molecule has 0 aliphatic heterocycles. The lowest BCUT2D eigenvalue weighted by atomic mass is 10.3. The van der Waals surface area contributed by atoms with Crippen molar-refractivity contribution in [2.75, 3.05) is 11.1 Å². The lowest BCUT2D eigenvalue weighted by Crippen LogP contribution is -2.00. The second-order valence-corrected chi connectivity index (χ2v) is 3.46. The number of rotatable bonds is 2. The van der Waals surface area contributed by atoms with Gasteiger partial charge in [-0.1, -0.05) is 11.6 Å². The van der Waals surface area contributed by atoms with Gasteiger partial charge in [0.25, 0.3) is 0 Å². The van der Waals surface area contributed by atoms with E-state index in [1.165, 1.54) is 24.4 Å². The predicted molar refractivity (Wildman–Crippen MR) is 61.1 cm³/mol. The second-order valence-electron chi connectivity index (χ2n) is 3.05. The van der Waals surface area contributed by atoms with Gasteiger partial charge >= 0.3 is 0 Å². The third-order valence-corrected chi connectivity index (χ3v) is 2.17. The standard InChI is InChI=1S/C10H8ClFN4/c11-7-5-6(12)1-2-8(7)15-10-14-4-3-9(13)16-10/h1-5H,(H3,13,14,15,16). The Bertz CT molecular complexity index is 518. The van der Waals surface area contributed by atoms with E-state index in [1.54, 1.807) is 6.07 Å². The summed E-state index contributed by atoms with van der Waals surface area (Å²) in [4.78, 5) is 7.88. The van der Waals surface area contributed by atoms with Gasteiger partial charge in [-0.15, -0.1) is 0 Å². The van der Waals surface area contributed by atoms with Gasteiger partial charge < -0.3 is 11.1 Å². The number of nitrogens with zero attached hydrogens (tertiary/aromatic N) is 2. The fraction of sp³-hybridized carbons (Fsp3) is 0. The van der Waals surface area contributed by atoms with Gasteiger partial charge in [-0.25, -0.2) is 9.37 Å². The Balaban J connectivity index is 2.27. The topological polar surface area (TPSA) is 63.8 Å². The van der Waals surface area contributed by atoms with Crippen LogP contribution in [0, 0.1) is 5.82 Å². The molecule has 6 heteroatoms. The molecule has 3 N–H and O–H groups in total. The van der Waals surface area contributed by atoms with Crippen LogP contribution in [0.5, 0.6) is 0 Å². The lowest BCUT2D eigenvalue weighted by Gasteiger charge is -2.06. The summed E-state index contributed by atoms with van der Waals surface area (Å²) < 4.78 is 12.8.